The molecule has 1 rings (SSSR count). The van der Waals surface area contributed by atoms with Gasteiger partial charge in [-0.2, -0.15) is 0 Å². The number of carbonyl (C=O) groups excluding carboxylic acids is 2. The third-order valence-electron chi connectivity index (χ3n) is 2.89. The number of primary amides is 2. The van der Waals surface area contributed by atoms with Crippen LogP contribution in [0.25, 0.3) is 0 Å². The zero-order valence-corrected chi connectivity index (χ0v) is 12.1. The van der Waals surface area contributed by atoms with Crippen LogP contribution in [0, 0.1) is 0 Å². The molecule has 4 N–H and O–H groups in total. The maximum absolute atomic E-state index is 12.2. The number of hydrogen-bond donors (Lipinski definition) is 2. The van der Waals surface area contributed by atoms with Crippen LogP contribution in [-0.2, 0) is 9.84 Å². The second-order valence-corrected chi connectivity index (χ2v) is 6.51. The predicted molar refractivity (Wildman–Crippen MR) is 75.1 cm³/mol. The fraction of sp³-hybridized carbons (Fsp3) is 0.385. The van der Waals surface area contributed by atoms with E-state index < -0.39 is 21.7 Å². The molecule has 0 saturated heterocycles. The summed E-state index contributed by atoms with van der Waals surface area (Å²) in [5, 5.41) is 0. The van der Waals surface area contributed by atoms with Crippen molar-refractivity contribution >= 4 is 21.7 Å². The molecule has 110 valence electrons. The summed E-state index contributed by atoms with van der Waals surface area (Å²) >= 11 is 0. The van der Waals surface area contributed by atoms with Gasteiger partial charge in [-0.25, -0.2) is 8.42 Å². The first-order chi connectivity index (χ1) is 9.31. The first kappa shape index (κ1) is 16.2. The lowest BCUT2D eigenvalue weighted by Crippen LogP contribution is -2.24. The van der Waals surface area contributed by atoms with E-state index in [-0.39, 0.29) is 21.8 Å². The summed E-state index contributed by atoms with van der Waals surface area (Å²) in [7, 11) is -3.67. The van der Waals surface area contributed by atoms with E-state index in [1.165, 1.54) is 18.2 Å². The number of amides is 2. The average Bonchev–Trinajstić information content (AvgIpc) is 2.37. The van der Waals surface area contributed by atoms with Gasteiger partial charge in [-0.15, -0.1) is 0 Å². The summed E-state index contributed by atoms with van der Waals surface area (Å²) in [6.45, 7) is 1.95. The molecule has 0 aromatic heterocycles. The van der Waals surface area contributed by atoms with Gasteiger partial charge in [-0.3, -0.25) is 9.59 Å². The van der Waals surface area contributed by atoms with Gasteiger partial charge in [0, 0.05) is 0 Å². The molecule has 0 aliphatic rings. The molecule has 1 aromatic carbocycles. The van der Waals surface area contributed by atoms with Crippen molar-refractivity contribution in [3.63, 3.8) is 0 Å². The first-order valence-electron chi connectivity index (χ1n) is 6.26. The normalized spacial score (nSPS) is 11.2. The minimum Gasteiger partial charge on any atom is -0.366 e. The molecule has 0 aliphatic carbocycles. The number of nitrogens with two attached hydrogens (primary N) is 2. The standard InChI is InChI=1S/C13H18N2O4S/c1-2-3-4-8-20(18,19)10-7-5-6-9(12(14)16)11(10)13(15)17/h5-7H,2-4,8H2,1H3,(H2,14,16)(H2,15,17). The van der Waals surface area contributed by atoms with Crippen molar-refractivity contribution in [1.82, 2.24) is 0 Å². The van der Waals surface area contributed by atoms with Gasteiger partial charge in [0.25, 0.3) is 5.91 Å². The highest BCUT2D eigenvalue weighted by Crippen LogP contribution is 2.21. The van der Waals surface area contributed by atoms with Gasteiger partial charge in [-0.1, -0.05) is 25.8 Å². The molecular formula is C13H18N2O4S. The Kier molecular flexibility index (Phi) is 5.26. The minimum absolute atomic E-state index is 0.0939. The van der Waals surface area contributed by atoms with Crippen LogP contribution in [0.2, 0.25) is 0 Å². The number of hydrogen-bond acceptors (Lipinski definition) is 4. The highest BCUT2D eigenvalue weighted by molar-refractivity contribution is 7.91. The summed E-state index contributed by atoms with van der Waals surface area (Å²) < 4.78 is 24.5. The molecule has 7 heteroatoms. The summed E-state index contributed by atoms with van der Waals surface area (Å²) in [5.41, 5.74) is 9.84. The van der Waals surface area contributed by atoms with Crippen molar-refractivity contribution in [2.75, 3.05) is 5.75 Å². The molecule has 1 aromatic rings. The second-order valence-electron chi connectivity index (χ2n) is 4.43. The molecule has 0 radical (unpaired) electrons. The van der Waals surface area contributed by atoms with E-state index in [9.17, 15) is 18.0 Å². The number of benzene rings is 1. The molecule has 2 amide bonds. The van der Waals surface area contributed by atoms with E-state index in [0.717, 1.165) is 12.8 Å². The molecule has 20 heavy (non-hydrogen) atoms. The molecular weight excluding hydrogens is 280 g/mol. The van der Waals surface area contributed by atoms with E-state index in [1.807, 2.05) is 6.92 Å². The third kappa shape index (κ3) is 3.57. The average molecular weight is 298 g/mol. The Bertz CT molecular complexity index is 623. The first-order valence-corrected chi connectivity index (χ1v) is 7.92. The molecule has 0 atom stereocenters. The molecule has 6 nitrogen and oxygen atoms in total. The quantitative estimate of drug-likeness (QED) is 0.725. The van der Waals surface area contributed by atoms with Crippen molar-refractivity contribution in [3.8, 4) is 0 Å². The molecule has 0 fully saturated rings. The van der Waals surface area contributed by atoms with Crippen LogP contribution in [0.3, 0.4) is 0 Å². The zero-order chi connectivity index (χ0) is 15.3. The molecule has 0 spiro atoms. The molecule has 0 aliphatic heterocycles. The van der Waals surface area contributed by atoms with Gasteiger partial charge < -0.3 is 11.5 Å². The molecule has 0 saturated carbocycles. The van der Waals surface area contributed by atoms with E-state index in [4.69, 9.17) is 11.5 Å². The highest BCUT2D eigenvalue weighted by Gasteiger charge is 2.25. The predicted octanol–water partition coefficient (Wildman–Crippen LogP) is 0.848. The minimum atomic E-state index is -3.67. The molecule has 0 bridgehead atoms. The van der Waals surface area contributed by atoms with Gasteiger partial charge in [0.05, 0.1) is 21.8 Å². The fourth-order valence-corrected chi connectivity index (χ4v) is 3.51. The van der Waals surface area contributed by atoms with E-state index in [0.29, 0.717) is 6.42 Å². The largest absolute Gasteiger partial charge is 0.366 e. The van der Waals surface area contributed by atoms with Crippen LogP contribution in [0.4, 0.5) is 0 Å². The van der Waals surface area contributed by atoms with Crippen LogP contribution in [0.1, 0.15) is 46.9 Å². The SMILES string of the molecule is CCCCCS(=O)(=O)c1cccc(C(N)=O)c1C(N)=O. The van der Waals surface area contributed by atoms with Crippen molar-refractivity contribution in [3.05, 3.63) is 29.3 Å². The lowest BCUT2D eigenvalue weighted by molar-refractivity contribution is 0.0965. The van der Waals surface area contributed by atoms with Crippen LogP contribution in [0.15, 0.2) is 23.1 Å². The maximum atomic E-state index is 12.2. The fourth-order valence-electron chi connectivity index (χ4n) is 1.90. The Morgan fingerprint density at radius 2 is 1.75 bits per heavy atom. The van der Waals surface area contributed by atoms with E-state index in [1.54, 1.807) is 0 Å². The summed E-state index contributed by atoms with van der Waals surface area (Å²) in [4.78, 5) is 22.5. The number of sulfone groups is 1. The van der Waals surface area contributed by atoms with Gasteiger partial charge in [0.2, 0.25) is 5.91 Å². The van der Waals surface area contributed by atoms with Gasteiger partial charge >= 0.3 is 0 Å². The summed E-state index contributed by atoms with van der Waals surface area (Å²) in [6, 6.07) is 3.93. The van der Waals surface area contributed by atoms with Gasteiger partial charge in [-0.05, 0) is 18.6 Å². The summed E-state index contributed by atoms with van der Waals surface area (Å²) in [5.74, 6) is -1.96. The summed E-state index contributed by atoms with van der Waals surface area (Å²) in [6.07, 6.45) is 2.12. The van der Waals surface area contributed by atoms with Gasteiger partial charge in [0.1, 0.15) is 0 Å². The number of carbonyl (C=O) groups is 2. The van der Waals surface area contributed by atoms with E-state index in [2.05, 4.69) is 0 Å². The lowest BCUT2D eigenvalue weighted by Gasteiger charge is -2.11. The number of rotatable bonds is 7. The zero-order valence-electron chi connectivity index (χ0n) is 11.3. The Balaban J connectivity index is 3.34. The second kappa shape index (κ2) is 6.51. The molecule has 0 unspecified atom stereocenters. The Labute approximate surface area is 118 Å². The van der Waals surface area contributed by atoms with Crippen LogP contribution in [-0.4, -0.2) is 26.0 Å². The Hall–Kier alpha value is -1.89. The van der Waals surface area contributed by atoms with Crippen molar-refractivity contribution in [2.24, 2.45) is 11.5 Å². The van der Waals surface area contributed by atoms with Crippen molar-refractivity contribution in [1.29, 1.82) is 0 Å². The topological polar surface area (TPSA) is 120 Å². The molecule has 0 heterocycles. The van der Waals surface area contributed by atoms with Crippen LogP contribution >= 0.6 is 0 Å². The monoisotopic (exact) mass is 298 g/mol. The highest BCUT2D eigenvalue weighted by atomic mass is 32.2. The van der Waals surface area contributed by atoms with Crippen LogP contribution < -0.4 is 11.5 Å². The third-order valence-corrected chi connectivity index (χ3v) is 4.73. The smallest absolute Gasteiger partial charge is 0.250 e. The number of unbranched alkanes of at least 4 members (excludes halogenated alkanes) is 2. The van der Waals surface area contributed by atoms with Crippen molar-refractivity contribution in [2.45, 2.75) is 31.1 Å². The maximum Gasteiger partial charge on any atom is 0.250 e. The Morgan fingerprint density at radius 3 is 2.25 bits per heavy atom. The van der Waals surface area contributed by atoms with E-state index >= 15 is 0 Å². The van der Waals surface area contributed by atoms with Crippen molar-refractivity contribution < 1.29 is 18.0 Å². The Morgan fingerprint density at radius 1 is 1.10 bits per heavy atom. The van der Waals surface area contributed by atoms with Crippen LogP contribution in [0.5, 0.6) is 0 Å². The van der Waals surface area contributed by atoms with Gasteiger partial charge in [0.15, 0.2) is 9.84 Å². The lowest BCUT2D eigenvalue weighted by atomic mass is 10.1.